The smallest absolute Gasteiger partial charge is 0.315 e. The Hall–Kier alpha value is -4.38. The van der Waals surface area contributed by atoms with Gasteiger partial charge in [0, 0.05) is 42.7 Å². The van der Waals surface area contributed by atoms with Crippen molar-refractivity contribution < 1.29 is 14.4 Å². The molecule has 1 fully saturated rings. The predicted molar refractivity (Wildman–Crippen MR) is 151 cm³/mol. The van der Waals surface area contributed by atoms with Crippen LogP contribution in [0.15, 0.2) is 53.4 Å². The summed E-state index contributed by atoms with van der Waals surface area (Å²) in [4.78, 5) is 32.4. The van der Waals surface area contributed by atoms with Crippen LogP contribution in [0.2, 0.25) is 0 Å². The lowest BCUT2D eigenvalue weighted by Crippen LogP contribution is -2.48. The van der Waals surface area contributed by atoms with Gasteiger partial charge in [-0.25, -0.2) is 15.0 Å². The number of aromatic nitrogens is 5. The first-order chi connectivity index (χ1) is 19.1. The first-order valence-electron chi connectivity index (χ1n) is 13.3. The number of amides is 1. The Morgan fingerprint density at radius 1 is 1.12 bits per heavy atom. The molecule has 3 N–H and O–H groups in total. The van der Waals surface area contributed by atoms with Gasteiger partial charge in [-0.15, -0.1) is 0 Å². The molecule has 5 rings (SSSR count). The van der Waals surface area contributed by atoms with Crippen molar-refractivity contribution in [3.8, 4) is 11.3 Å². The quantitative estimate of drug-likeness (QED) is 0.297. The second-order valence-electron chi connectivity index (χ2n) is 11.2. The van der Waals surface area contributed by atoms with Gasteiger partial charge >= 0.3 is 11.8 Å². The molecule has 4 heterocycles. The van der Waals surface area contributed by atoms with E-state index in [9.17, 15) is 9.90 Å². The molecule has 1 aliphatic heterocycles. The molecule has 0 aliphatic carbocycles. The molecule has 1 amide bonds. The van der Waals surface area contributed by atoms with Crippen molar-refractivity contribution in [2.75, 3.05) is 29.9 Å². The average molecular weight is 543 g/mol. The second-order valence-corrected chi connectivity index (χ2v) is 11.2. The van der Waals surface area contributed by atoms with Crippen LogP contribution in [0.25, 0.3) is 11.3 Å². The van der Waals surface area contributed by atoms with Crippen LogP contribution in [0.3, 0.4) is 0 Å². The third-order valence-corrected chi connectivity index (χ3v) is 6.92. The molecule has 11 nitrogen and oxygen atoms in total. The topological polar surface area (TPSA) is 142 Å². The van der Waals surface area contributed by atoms with Gasteiger partial charge in [-0.1, -0.05) is 38.1 Å². The number of pyridine rings is 1. The maximum atomic E-state index is 12.7. The highest BCUT2D eigenvalue weighted by Crippen LogP contribution is 2.28. The van der Waals surface area contributed by atoms with E-state index in [1.54, 1.807) is 0 Å². The molecule has 0 saturated carbocycles. The molecular formula is C29H34N8O3. The summed E-state index contributed by atoms with van der Waals surface area (Å²) in [5, 5.41) is 19.3. The van der Waals surface area contributed by atoms with E-state index in [-0.39, 0.29) is 24.0 Å². The third kappa shape index (κ3) is 5.94. The van der Waals surface area contributed by atoms with Crippen molar-refractivity contribution in [1.82, 2.24) is 30.4 Å². The lowest BCUT2D eigenvalue weighted by atomic mass is 9.96. The standard InChI is InChI=1S/C29H34N8O3/c1-17-10-20(6-8-22(17)18(2)33-26(39)27-35-28(36-40-27)29(3,4)5)23-11-25(32-16-31-23)34-24-9-7-21(12-30-24)37-13-19(14-37)15-38/h6-12,16,18-19,38H,13-15H2,1-5H3,(H,33,39)(H,30,31,32,34)/t18-/m1/s1. The van der Waals surface area contributed by atoms with Crippen LogP contribution in [0, 0.1) is 12.8 Å². The number of carbonyl (C=O) groups excluding carboxylic acids is 1. The van der Waals surface area contributed by atoms with Crippen molar-refractivity contribution in [1.29, 1.82) is 0 Å². The van der Waals surface area contributed by atoms with Crippen molar-refractivity contribution in [2.24, 2.45) is 5.92 Å². The molecular weight excluding hydrogens is 508 g/mol. The van der Waals surface area contributed by atoms with Crippen LogP contribution in [0.4, 0.5) is 17.3 Å². The Labute approximate surface area is 233 Å². The zero-order chi connectivity index (χ0) is 28.4. The van der Waals surface area contributed by atoms with E-state index in [1.807, 2.05) is 77.2 Å². The van der Waals surface area contributed by atoms with Crippen LogP contribution < -0.4 is 15.5 Å². The molecule has 3 aromatic heterocycles. The zero-order valence-electron chi connectivity index (χ0n) is 23.3. The SMILES string of the molecule is Cc1cc(-c2cc(Nc3ccc(N4CC(CO)C4)cn3)ncn2)ccc1[C@@H](C)NC(=O)c1nc(C(C)(C)C)no1. The van der Waals surface area contributed by atoms with Crippen molar-refractivity contribution >= 4 is 23.2 Å². The molecule has 4 aromatic rings. The van der Waals surface area contributed by atoms with E-state index >= 15 is 0 Å². The summed E-state index contributed by atoms with van der Waals surface area (Å²) < 4.78 is 5.17. The van der Waals surface area contributed by atoms with E-state index in [4.69, 9.17) is 4.52 Å². The van der Waals surface area contributed by atoms with Gasteiger partial charge in [-0.05, 0) is 43.2 Å². The highest BCUT2D eigenvalue weighted by Gasteiger charge is 2.26. The number of aliphatic hydroxyl groups is 1. The van der Waals surface area contributed by atoms with E-state index in [0.717, 1.165) is 41.2 Å². The highest BCUT2D eigenvalue weighted by atomic mass is 16.5. The number of nitrogens with zero attached hydrogens (tertiary/aromatic N) is 6. The fourth-order valence-corrected chi connectivity index (χ4v) is 4.54. The number of carbonyl (C=O) groups is 1. The summed E-state index contributed by atoms with van der Waals surface area (Å²) in [5.41, 5.74) is 4.39. The van der Waals surface area contributed by atoms with Gasteiger partial charge < -0.3 is 25.2 Å². The van der Waals surface area contributed by atoms with Crippen LogP contribution >= 0.6 is 0 Å². The summed E-state index contributed by atoms with van der Waals surface area (Å²) in [7, 11) is 0. The molecule has 208 valence electrons. The Morgan fingerprint density at radius 3 is 2.58 bits per heavy atom. The van der Waals surface area contributed by atoms with Crippen molar-refractivity contribution in [2.45, 2.75) is 46.1 Å². The predicted octanol–water partition coefficient (Wildman–Crippen LogP) is 4.19. The van der Waals surface area contributed by atoms with Crippen LogP contribution in [0.1, 0.15) is 61.4 Å². The Morgan fingerprint density at radius 2 is 1.93 bits per heavy atom. The molecule has 0 unspecified atom stereocenters. The minimum atomic E-state index is -0.411. The highest BCUT2D eigenvalue weighted by molar-refractivity contribution is 5.89. The third-order valence-electron chi connectivity index (χ3n) is 6.92. The van der Waals surface area contributed by atoms with Gasteiger partial charge in [0.25, 0.3) is 0 Å². The van der Waals surface area contributed by atoms with Gasteiger partial charge in [0.2, 0.25) is 0 Å². The monoisotopic (exact) mass is 542 g/mol. The number of aryl methyl sites for hydroxylation is 1. The number of nitrogens with one attached hydrogen (secondary N) is 2. The Kier molecular flexibility index (Phi) is 7.49. The number of hydrogen-bond donors (Lipinski definition) is 3. The molecule has 0 radical (unpaired) electrons. The minimum absolute atomic E-state index is 0.0490. The number of rotatable bonds is 8. The van der Waals surface area contributed by atoms with Crippen LogP contribution in [-0.2, 0) is 5.41 Å². The molecule has 1 atom stereocenters. The molecule has 40 heavy (non-hydrogen) atoms. The van der Waals surface area contributed by atoms with Gasteiger partial charge in [-0.2, -0.15) is 4.98 Å². The van der Waals surface area contributed by atoms with Crippen molar-refractivity contribution in [3.05, 3.63) is 71.8 Å². The van der Waals surface area contributed by atoms with Crippen LogP contribution in [-0.4, -0.2) is 55.8 Å². The van der Waals surface area contributed by atoms with Gasteiger partial charge in [0.15, 0.2) is 5.82 Å². The summed E-state index contributed by atoms with van der Waals surface area (Å²) in [6.07, 6.45) is 3.34. The maximum Gasteiger partial charge on any atom is 0.315 e. The molecule has 1 saturated heterocycles. The summed E-state index contributed by atoms with van der Waals surface area (Å²) >= 11 is 0. The minimum Gasteiger partial charge on any atom is -0.396 e. The first-order valence-corrected chi connectivity index (χ1v) is 13.3. The van der Waals surface area contributed by atoms with Crippen molar-refractivity contribution in [3.63, 3.8) is 0 Å². The normalized spacial score (nSPS) is 14.5. The van der Waals surface area contributed by atoms with E-state index in [1.165, 1.54) is 6.33 Å². The summed E-state index contributed by atoms with van der Waals surface area (Å²) in [6, 6.07) is 11.5. The van der Waals surface area contributed by atoms with E-state index < -0.39 is 5.91 Å². The Balaban J connectivity index is 1.24. The fourth-order valence-electron chi connectivity index (χ4n) is 4.54. The first kappa shape index (κ1) is 27.2. The van der Waals surface area contributed by atoms with E-state index in [0.29, 0.717) is 23.4 Å². The maximum absolute atomic E-state index is 12.7. The molecule has 1 aromatic carbocycles. The van der Waals surface area contributed by atoms with Gasteiger partial charge in [-0.3, -0.25) is 4.79 Å². The molecule has 1 aliphatic rings. The lowest BCUT2D eigenvalue weighted by Gasteiger charge is -2.39. The lowest BCUT2D eigenvalue weighted by molar-refractivity contribution is 0.0895. The number of aliphatic hydroxyl groups excluding tert-OH is 1. The summed E-state index contributed by atoms with van der Waals surface area (Å²) in [5.74, 6) is 1.68. The number of benzene rings is 1. The van der Waals surface area contributed by atoms with Gasteiger partial charge in [0.1, 0.15) is 18.0 Å². The zero-order valence-corrected chi connectivity index (χ0v) is 23.3. The number of hydrogen-bond acceptors (Lipinski definition) is 10. The number of anilines is 3. The summed E-state index contributed by atoms with van der Waals surface area (Å²) in [6.45, 7) is 11.7. The fraction of sp³-hybridized carbons (Fsp3) is 0.379. The Bertz CT molecular complexity index is 1490. The molecule has 0 spiro atoms. The molecule has 11 heteroatoms. The average Bonchev–Trinajstić information content (AvgIpc) is 3.41. The van der Waals surface area contributed by atoms with Crippen LogP contribution in [0.5, 0.6) is 0 Å². The second kappa shape index (κ2) is 11.0. The van der Waals surface area contributed by atoms with E-state index in [2.05, 4.69) is 40.6 Å². The largest absolute Gasteiger partial charge is 0.396 e. The molecule has 0 bridgehead atoms. The van der Waals surface area contributed by atoms with Gasteiger partial charge in [0.05, 0.1) is 23.6 Å².